The summed E-state index contributed by atoms with van der Waals surface area (Å²) in [4.78, 5) is 12.2. The highest BCUT2D eigenvalue weighted by molar-refractivity contribution is 6.31. The lowest BCUT2D eigenvalue weighted by Crippen LogP contribution is -2.19. The van der Waals surface area contributed by atoms with Gasteiger partial charge >= 0.3 is 0 Å². The Bertz CT molecular complexity index is 682. The molecule has 24 heavy (non-hydrogen) atoms. The smallest absolute Gasteiger partial charge is 0.256 e. The predicted octanol–water partition coefficient (Wildman–Crippen LogP) is 4.52. The average Bonchev–Trinajstić information content (AvgIpc) is 2.85. The number of carbonyl (C=O) groups is 1. The Hall–Kier alpha value is -2.14. The number of halogens is 1. The Labute approximate surface area is 146 Å². The Morgan fingerprint density at radius 1 is 1.00 bits per heavy atom. The molecule has 1 fully saturated rings. The topological polar surface area (TPSA) is 66.9 Å². The number of nitrogens with one attached hydrogen (secondary N) is 2. The molecule has 1 amide bonds. The van der Waals surface area contributed by atoms with E-state index < -0.39 is 0 Å². The summed E-state index contributed by atoms with van der Waals surface area (Å²) in [5.74, 6) is 0.922. The fourth-order valence-electron chi connectivity index (χ4n) is 2.93. The second-order valence-corrected chi connectivity index (χ2v) is 6.54. The van der Waals surface area contributed by atoms with E-state index in [1.54, 1.807) is 30.3 Å². The summed E-state index contributed by atoms with van der Waals surface area (Å²) >= 11 is 5.90. The molecule has 2 aromatic rings. The fourth-order valence-corrected chi connectivity index (χ4v) is 3.12. The van der Waals surface area contributed by atoms with Gasteiger partial charge < -0.3 is 10.6 Å². The third-order valence-corrected chi connectivity index (χ3v) is 4.44. The summed E-state index contributed by atoms with van der Waals surface area (Å²) in [6.07, 6.45) is 7.51. The molecule has 0 unspecified atom stereocenters. The van der Waals surface area contributed by atoms with Crippen LogP contribution in [0.4, 0.5) is 11.6 Å². The van der Waals surface area contributed by atoms with E-state index in [0.717, 1.165) is 5.82 Å². The maximum Gasteiger partial charge on any atom is 0.256 e. The van der Waals surface area contributed by atoms with Crippen LogP contribution >= 0.6 is 11.6 Å². The van der Waals surface area contributed by atoms with Gasteiger partial charge in [0.05, 0.1) is 0 Å². The highest BCUT2D eigenvalue weighted by Gasteiger charge is 2.13. The molecule has 1 aromatic carbocycles. The van der Waals surface area contributed by atoms with Gasteiger partial charge in [-0.1, -0.05) is 43.4 Å². The normalized spacial score (nSPS) is 15.5. The SMILES string of the molecule is O=C(Nc1ccc(NC2CCCCCC2)nn1)c1cccc(Cl)c1. The summed E-state index contributed by atoms with van der Waals surface area (Å²) in [7, 11) is 0. The van der Waals surface area contributed by atoms with Crippen LogP contribution < -0.4 is 10.6 Å². The van der Waals surface area contributed by atoms with Crippen molar-refractivity contribution in [3.8, 4) is 0 Å². The zero-order chi connectivity index (χ0) is 16.8. The molecule has 2 N–H and O–H groups in total. The van der Waals surface area contributed by atoms with E-state index in [4.69, 9.17) is 11.6 Å². The molecule has 5 nitrogen and oxygen atoms in total. The van der Waals surface area contributed by atoms with Gasteiger partial charge in [-0.2, -0.15) is 0 Å². The van der Waals surface area contributed by atoms with Crippen molar-refractivity contribution in [2.75, 3.05) is 10.6 Å². The van der Waals surface area contributed by atoms with Gasteiger partial charge in [-0.15, -0.1) is 10.2 Å². The molecule has 0 spiro atoms. The number of carbonyl (C=O) groups excluding carboxylic acids is 1. The first-order valence-electron chi connectivity index (χ1n) is 8.38. The van der Waals surface area contributed by atoms with Crippen molar-refractivity contribution in [2.24, 2.45) is 0 Å². The van der Waals surface area contributed by atoms with Crippen LogP contribution in [0.2, 0.25) is 5.02 Å². The number of anilines is 2. The number of amides is 1. The molecule has 1 aliphatic rings. The number of aromatic nitrogens is 2. The van der Waals surface area contributed by atoms with Crippen molar-refractivity contribution in [1.82, 2.24) is 10.2 Å². The van der Waals surface area contributed by atoms with E-state index in [1.165, 1.54) is 38.5 Å². The quantitative estimate of drug-likeness (QED) is 0.800. The molecule has 3 rings (SSSR count). The van der Waals surface area contributed by atoms with Crippen molar-refractivity contribution in [3.63, 3.8) is 0 Å². The van der Waals surface area contributed by atoms with Gasteiger partial charge in [-0.05, 0) is 43.2 Å². The lowest BCUT2D eigenvalue weighted by molar-refractivity contribution is 0.102. The highest BCUT2D eigenvalue weighted by atomic mass is 35.5. The molecule has 1 saturated carbocycles. The van der Waals surface area contributed by atoms with Gasteiger partial charge in [0, 0.05) is 16.6 Å². The molecule has 0 bridgehead atoms. The van der Waals surface area contributed by atoms with Crippen molar-refractivity contribution in [2.45, 2.75) is 44.6 Å². The van der Waals surface area contributed by atoms with Crippen molar-refractivity contribution < 1.29 is 4.79 Å². The fraction of sp³-hybridized carbons (Fsp3) is 0.389. The molecule has 126 valence electrons. The first kappa shape index (κ1) is 16.7. The van der Waals surface area contributed by atoms with E-state index in [-0.39, 0.29) is 5.91 Å². The van der Waals surface area contributed by atoms with Crippen LogP contribution in [0.5, 0.6) is 0 Å². The predicted molar refractivity (Wildman–Crippen MR) is 96.5 cm³/mol. The Morgan fingerprint density at radius 2 is 1.71 bits per heavy atom. The van der Waals surface area contributed by atoms with Crippen molar-refractivity contribution in [3.05, 3.63) is 47.0 Å². The largest absolute Gasteiger partial charge is 0.366 e. The van der Waals surface area contributed by atoms with Crippen LogP contribution in [-0.2, 0) is 0 Å². The first-order valence-corrected chi connectivity index (χ1v) is 8.76. The average molecular weight is 345 g/mol. The standard InChI is InChI=1S/C18H21ClN4O/c19-14-7-5-6-13(12-14)18(24)21-17-11-10-16(22-23-17)20-15-8-3-1-2-4-9-15/h5-7,10-12,15H,1-4,8-9H2,(H,20,22)(H,21,23,24). The second-order valence-electron chi connectivity index (χ2n) is 6.10. The molecule has 0 aliphatic heterocycles. The molecular formula is C18H21ClN4O. The number of benzene rings is 1. The van der Waals surface area contributed by atoms with Crippen LogP contribution in [0.15, 0.2) is 36.4 Å². The summed E-state index contributed by atoms with van der Waals surface area (Å²) in [5.41, 5.74) is 0.491. The summed E-state index contributed by atoms with van der Waals surface area (Å²) < 4.78 is 0. The number of hydrogen-bond donors (Lipinski definition) is 2. The van der Waals surface area contributed by atoms with Gasteiger partial charge in [-0.25, -0.2) is 0 Å². The third-order valence-electron chi connectivity index (χ3n) is 4.20. The Kier molecular flexibility index (Phi) is 5.64. The minimum atomic E-state index is -0.253. The third kappa shape index (κ3) is 4.68. The van der Waals surface area contributed by atoms with Gasteiger partial charge in [0.25, 0.3) is 5.91 Å². The van der Waals surface area contributed by atoms with Gasteiger partial charge in [-0.3, -0.25) is 4.79 Å². The lowest BCUT2D eigenvalue weighted by Gasteiger charge is -2.16. The molecule has 1 heterocycles. The zero-order valence-corrected chi connectivity index (χ0v) is 14.2. The highest BCUT2D eigenvalue weighted by Crippen LogP contribution is 2.20. The second kappa shape index (κ2) is 8.11. The summed E-state index contributed by atoms with van der Waals surface area (Å²) in [6, 6.07) is 10.9. The monoisotopic (exact) mass is 344 g/mol. The molecule has 1 aliphatic carbocycles. The minimum Gasteiger partial charge on any atom is -0.366 e. The van der Waals surface area contributed by atoms with Crippen molar-refractivity contribution >= 4 is 29.1 Å². The number of hydrogen-bond acceptors (Lipinski definition) is 4. The van der Waals surface area contributed by atoms with Crippen LogP contribution in [-0.4, -0.2) is 22.1 Å². The van der Waals surface area contributed by atoms with Gasteiger partial charge in [0.15, 0.2) is 5.82 Å². The van der Waals surface area contributed by atoms with Crippen LogP contribution in [0.1, 0.15) is 48.9 Å². The Morgan fingerprint density at radius 3 is 2.38 bits per heavy atom. The number of rotatable bonds is 4. The summed E-state index contributed by atoms with van der Waals surface area (Å²) in [5, 5.41) is 14.9. The summed E-state index contributed by atoms with van der Waals surface area (Å²) in [6.45, 7) is 0. The van der Waals surface area contributed by atoms with Crippen LogP contribution in [0.3, 0.4) is 0 Å². The minimum absolute atomic E-state index is 0.253. The first-order chi connectivity index (χ1) is 11.7. The maximum absolute atomic E-state index is 12.2. The van der Waals surface area contributed by atoms with E-state index in [9.17, 15) is 4.79 Å². The van der Waals surface area contributed by atoms with Gasteiger partial charge in [0.1, 0.15) is 5.82 Å². The van der Waals surface area contributed by atoms with Crippen molar-refractivity contribution in [1.29, 1.82) is 0 Å². The van der Waals surface area contributed by atoms with E-state index in [2.05, 4.69) is 20.8 Å². The molecule has 0 saturated heterocycles. The lowest BCUT2D eigenvalue weighted by atomic mass is 10.1. The molecule has 0 atom stereocenters. The maximum atomic E-state index is 12.2. The number of nitrogens with zero attached hydrogens (tertiary/aromatic N) is 2. The van der Waals surface area contributed by atoms with E-state index in [1.807, 2.05) is 6.07 Å². The molecular weight excluding hydrogens is 324 g/mol. The van der Waals surface area contributed by atoms with Gasteiger partial charge in [0.2, 0.25) is 0 Å². The van der Waals surface area contributed by atoms with E-state index in [0.29, 0.717) is 22.4 Å². The zero-order valence-electron chi connectivity index (χ0n) is 13.5. The van der Waals surface area contributed by atoms with Crippen LogP contribution in [0.25, 0.3) is 0 Å². The molecule has 6 heteroatoms. The Balaban J connectivity index is 1.58. The van der Waals surface area contributed by atoms with E-state index >= 15 is 0 Å². The molecule has 0 radical (unpaired) electrons. The van der Waals surface area contributed by atoms with Crippen LogP contribution in [0, 0.1) is 0 Å². The molecule has 1 aromatic heterocycles.